The van der Waals surface area contributed by atoms with Crippen LogP contribution in [0.1, 0.15) is 19.3 Å². The van der Waals surface area contributed by atoms with Gasteiger partial charge in [-0.3, -0.25) is 0 Å². The van der Waals surface area contributed by atoms with Gasteiger partial charge in [0.1, 0.15) is 10.5 Å². The lowest BCUT2D eigenvalue weighted by Crippen LogP contribution is -1.34. The maximum absolute atomic E-state index is 7.14. The first-order valence-corrected chi connectivity index (χ1v) is 2.84. The number of hydrogen-bond acceptors (Lipinski definition) is 1. The van der Waals surface area contributed by atoms with E-state index in [-0.39, 0.29) is 0 Å². The second kappa shape index (κ2) is 4.18. The van der Waals surface area contributed by atoms with E-state index in [9.17, 15) is 0 Å². The zero-order valence-corrected chi connectivity index (χ0v) is 5.57. The van der Waals surface area contributed by atoms with Gasteiger partial charge < -0.3 is 4.80 Å². The van der Waals surface area contributed by atoms with E-state index in [2.05, 4.69) is 0 Å². The normalized spacial score (nSPS) is 16.2. The molecule has 0 aromatic heterocycles. The highest BCUT2D eigenvalue weighted by molar-refractivity contribution is 5.95. The van der Waals surface area contributed by atoms with Gasteiger partial charge in [-0.15, -0.1) is 0 Å². The zero-order valence-electron chi connectivity index (χ0n) is 3.57. The Hall–Kier alpha value is 0.177. The van der Waals surface area contributed by atoms with Crippen LogP contribution in [0, 0.1) is 0 Å². The van der Waals surface area contributed by atoms with Crippen LogP contribution < -0.4 is 0 Å². The van der Waals surface area contributed by atoms with Gasteiger partial charge in [0.25, 0.3) is 0 Å². The van der Waals surface area contributed by atoms with Crippen LogP contribution in [-0.2, 0) is 0 Å². The molecule has 1 rings (SSSR count). The van der Waals surface area contributed by atoms with Crippen molar-refractivity contribution >= 4 is 10.5 Å². The highest BCUT2D eigenvalue weighted by atomic mass is 28.2. The fourth-order valence-corrected chi connectivity index (χ4v) is 0. The van der Waals surface area contributed by atoms with Crippen LogP contribution >= 0.6 is 0 Å². The molecule has 1 saturated carbocycles. The maximum Gasteiger partial charge on any atom is 0.141 e. The molecule has 0 aromatic carbocycles. The fraction of sp³-hybridized carbons (Fsp3) is 1.00. The van der Waals surface area contributed by atoms with Crippen molar-refractivity contribution in [1.29, 1.82) is 0 Å². The van der Waals surface area contributed by atoms with E-state index in [4.69, 9.17) is 4.80 Å². The SMILES string of the molecule is C1CC1.O[SiH3]. The molecule has 1 fully saturated rings. The van der Waals surface area contributed by atoms with Crippen LogP contribution in [0.15, 0.2) is 0 Å². The fourth-order valence-electron chi connectivity index (χ4n) is 0. The number of rotatable bonds is 0. The van der Waals surface area contributed by atoms with E-state index in [1.807, 2.05) is 0 Å². The Morgan fingerprint density at radius 1 is 1.00 bits per heavy atom. The van der Waals surface area contributed by atoms with E-state index in [1.54, 1.807) is 0 Å². The lowest BCUT2D eigenvalue weighted by atomic mass is 11.0. The summed E-state index contributed by atoms with van der Waals surface area (Å²) in [5.74, 6) is 0. The molecule has 5 heavy (non-hydrogen) atoms. The second-order valence-electron chi connectivity index (χ2n) is 1.06. The molecule has 0 unspecified atom stereocenters. The Balaban J connectivity index is 0.0000000733. The summed E-state index contributed by atoms with van der Waals surface area (Å²) >= 11 is 0. The highest BCUT2D eigenvalue weighted by Crippen LogP contribution is 2.14. The van der Waals surface area contributed by atoms with Crippen molar-refractivity contribution in [2.24, 2.45) is 0 Å². The molecule has 0 amide bonds. The molecule has 1 nitrogen and oxygen atoms in total. The topological polar surface area (TPSA) is 20.2 Å². The van der Waals surface area contributed by atoms with E-state index in [0.29, 0.717) is 10.5 Å². The first kappa shape index (κ1) is 5.18. The van der Waals surface area contributed by atoms with Gasteiger partial charge in [-0.05, 0) is 0 Å². The van der Waals surface area contributed by atoms with Crippen molar-refractivity contribution in [3.8, 4) is 0 Å². The minimum atomic E-state index is 0.306. The molecule has 1 N–H and O–H groups in total. The molecule has 0 saturated heterocycles. The molecule has 1 aliphatic rings. The molecule has 0 bridgehead atoms. The summed E-state index contributed by atoms with van der Waals surface area (Å²) in [6, 6.07) is 0. The van der Waals surface area contributed by atoms with Crippen molar-refractivity contribution in [2.75, 3.05) is 0 Å². The molecule has 0 atom stereocenters. The quantitative estimate of drug-likeness (QED) is 0.395. The summed E-state index contributed by atoms with van der Waals surface area (Å²) < 4.78 is 0. The molecule has 1 aliphatic carbocycles. The van der Waals surface area contributed by atoms with Crippen LogP contribution in [0.25, 0.3) is 0 Å². The number of hydrogen-bond donors (Lipinski definition) is 1. The lowest BCUT2D eigenvalue weighted by Gasteiger charge is -1.19. The predicted octanol–water partition coefficient (Wildman–Crippen LogP) is -0.571. The van der Waals surface area contributed by atoms with Crippen LogP contribution in [-0.4, -0.2) is 15.3 Å². The summed E-state index contributed by atoms with van der Waals surface area (Å²) in [5.41, 5.74) is 0. The Bertz CT molecular complexity index is 11.6. The predicted molar refractivity (Wildman–Crippen MR) is 26.0 cm³/mol. The van der Waals surface area contributed by atoms with Gasteiger partial charge in [-0.2, -0.15) is 0 Å². The summed E-state index contributed by atoms with van der Waals surface area (Å²) in [6.45, 7) is 0. The molecule has 0 spiro atoms. The van der Waals surface area contributed by atoms with E-state index in [0.717, 1.165) is 0 Å². The largest absolute Gasteiger partial charge is 0.442 e. The zero-order chi connectivity index (χ0) is 4.12. The average molecular weight is 90.2 g/mol. The highest BCUT2D eigenvalue weighted by Gasteiger charge is 1.95. The lowest BCUT2D eigenvalue weighted by molar-refractivity contribution is 0.629. The molecular weight excluding hydrogens is 80.1 g/mol. The molecule has 0 aromatic rings. The molecule has 0 radical (unpaired) electrons. The molecular formula is C3H10OSi. The van der Waals surface area contributed by atoms with Crippen LogP contribution in [0.4, 0.5) is 0 Å². The second-order valence-corrected chi connectivity index (χ2v) is 1.06. The average Bonchev–Trinajstić information content (AvgIpc) is 2.19. The van der Waals surface area contributed by atoms with Gasteiger partial charge in [0.2, 0.25) is 0 Å². The van der Waals surface area contributed by atoms with Crippen LogP contribution in [0.2, 0.25) is 0 Å². The van der Waals surface area contributed by atoms with Crippen molar-refractivity contribution in [1.82, 2.24) is 0 Å². The van der Waals surface area contributed by atoms with Gasteiger partial charge in [0.05, 0.1) is 0 Å². The molecule has 0 aliphatic heterocycles. The Labute approximate surface area is 35.6 Å². The smallest absolute Gasteiger partial charge is 0.141 e. The minimum absolute atomic E-state index is 0.306. The first-order valence-electron chi connectivity index (χ1n) is 1.95. The van der Waals surface area contributed by atoms with Crippen LogP contribution in [0.5, 0.6) is 0 Å². The van der Waals surface area contributed by atoms with E-state index >= 15 is 0 Å². The minimum Gasteiger partial charge on any atom is -0.442 e. The summed E-state index contributed by atoms with van der Waals surface area (Å²) in [5, 5.41) is 0. The summed E-state index contributed by atoms with van der Waals surface area (Å²) in [4.78, 5) is 7.14. The first-order chi connectivity index (χ1) is 2.50. The molecule has 32 valence electrons. The van der Waals surface area contributed by atoms with Crippen LogP contribution in [0.3, 0.4) is 0 Å². The summed E-state index contributed by atoms with van der Waals surface area (Å²) in [6.07, 6.45) is 4.50. The van der Waals surface area contributed by atoms with Crippen molar-refractivity contribution in [3.63, 3.8) is 0 Å². The maximum atomic E-state index is 7.14. The third-order valence-electron chi connectivity index (χ3n) is 0.354. The Morgan fingerprint density at radius 3 is 1.20 bits per heavy atom. The van der Waals surface area contributed by atoms with E-state index < -0.39 is 0 Å². The summed E-state index contributed by atoms with van der Waals surface area (Å²) in [7, 11) is 0.306. The Morgan fingerprint density at radius 2 is 1.20 bits per heavy atom. The van der Waals surface area contributed by atoms with Gasteiger partial charge in [0, 0.05) is 0 Å². The van der Waals surface area contributed by atoms with Gasteiger partial charge in [-0.25, -0.2) is 0 Å². The van der Waals surface area contributed by atoms with Crippen molar-refractivity contribution in [3.05, 3.63) is 0 Å². The van der Waals surface area contributed by atoms with E-state index in [1.165, 1.54) is 19.3 Å². The third kappa shape index (κ3) is 14.3. The van der Waals surface area contributed by atoms with Gasteiger partial charge in [-0.1, -0.05) is 19.3 Å². The standard InChI is InChI=1S/C3H6.H4OSi/c1-2-3-1;1-2/h1-3H2;1H,2H3. The molecule has 0 heterocycles. The van der Waals surface area contributed by atoms with Crippen molar-refractivity contribution in [2.45, 2.75) is 19.3 Å². The monoisotopic (exact) mass is 90.1 g/mol. The molecule has 2 heteroatoms. The van der Waals surface area contributed by atoms with Crippen molar-refractivity contribution < 1.29 is 4.80 Å². The van der Waals surface area contributed by atoms with Gasteiger partial charge >= 0.3 is 0 Å². The Kier molecular flexibility index (Phi) is 4.32. The third-order valence-corrected chi connectivity index (χ3v) is 0.354. The van der Waals surface area contributed by atoms with Gasteiger partial charge in [0.15, 0.2) is 0 Å².